The van der Waals surface area contributed by atoms with Gasteiger partial charge >= 0.3 is 0 Å². The molecule has 0 bridgehead atoms. The highest BCUT2D eigenvalue weighted by molar-refractivity contribution is 6.09. The number of benzene rings is 1. The zero-order valence-corrected chi connectivity index (χ0v) is 18.9. The van der Waals surface area contributed by atoms with E-state index in [0.717, 1.165) is 11.3 Å². The lowest BCUT2D eigenvalue weighted by Gasteiger charge is -2.24. The summed E-state index contributed by atoms with van der Waals surface area (Å²) in [6.07, 6.45) is 3.28. The first kappa shape index (κ1) is 22.1. The van der Waals surface area contributed by atoms with Crippen molar-refractivity contribution in [1.29, 1.82) is 0 Å². The van der Waals surface area contributed by atoms with Gasteiger partial charge in [0.05, 0.1) is 30.6 Å². The number of ether oxygens (including phenoxy) is 1. The smallest absolute Gasteiger partial charge is 0.244 e. The summed E-state index contributed by atoms with van der Waals surface area (Å²) in [5.74, 6) is -0.646. The zero-order chi connectivity index (χ0) is 23.7. The third-order valence-corrected chi connectivity index (χ3v) is 5.65. The molecule has 8 heteroatoms. The number of pyridine rings is 2. The number of carbonyl (C=O) groups excluding carboxylic acids is 3. The van der Waals surface area contributed by atoms with E-state index in [0.29, 0.717) is 33.9 Å². The number of fused-ring (bicyclic) bond motifs is 3. The Balaban J connectivity index is 1.69. The van der Waals surface area contributed by atoms with Crippen molar-refractivity contribution in [1.82, 2.24) is 9.97 Å². The van der Waals surface area contributed by atoms with Gasteiger partial charge in [-0.3, -0.25) is 24.4 Å². The van der Waals surface area contributed by atoms with Crippen LogP contribution in [0.25, 0.3) is 11.1 Å². The highest BCUT2D eigenvalue weighted by Crippen LogP contribution is 2.41. The molecule has 0 unspecified atom stereocenters. The molecule has 0 aliphatic carbocycles. The minimum absolute atomic E-state index is 0.0533. The van der Waals surface area contributed by atoms with Crippen LogP contribution in [0, 0.1) is 6.92 Å². The van der Waals surface area contributed by atoms with E-state index < -0.39 is 5.92 Å². The third-order valence-electron chi connectivity index (χ3n) is 5.65. The summed E-state index contributed by atoms with van der Waals surface area (Å²) in [5.41, 5.74) is 4.48. The van der Waals surface area contributed by atoms with E-state index in [2.05, 4.69) is 15.3 Å². The van der Waals surface area contributed by atoms with E-state index in [1.54, 1.807) is 56.8 Å². The molecule has 168 valence electrons. The molecular formula is C25H24N4O4. The SMILES string of the molecule is COc1cnc2c(c1)-c1cnc(C)cc1N(CC(=O)Nc1ccc(C(C)=O)cc1)C(=O)[C@H]2C. The lowest BCUT2D eigenvalue weighted by atomic mass is 9.98. The molecular weight excluding hydrogens is 420 g/mol. The van der Waals surface area contributed by atoms with Crippen LogP contribution >= 0.6 is 0 Å². The minimum atomic E-state index is -0.568. The zero-order valence-electron chi connectivity index (χ0n) is 18.9. The summed E-state index contributed by atoms with van der Waals surface area (Å²) in [6, 6.07) is 10.3. The van der Waals surface area contributed by atoms with Gasteiger partial charge in [-0.1, -0.05) is 0 Å². The van der Waals surface area contributed by atoms with Crippen molar-refractivity contribution < 1.29 is 19.1 Å². The van der Waals surface area contributed by atoms with Gasteiger partial charge in [0.1, 0.15) is 12.3 Å². The second kappa shape index (κ2) is 8.82. The first-order valence-electron chi connectivity index (χ1n) is 10.5. The first-order chi connectivity index (χ1) is 15.8. The Morgan fingerprint density at radius 2 is 1.82 bits per heavy atom. The number of methoxy groups -OCH3 is 1. The van der Waals surface area contributed by atoms with E-state index in [9.17, 15) is 14.4 Å². The number of anilines is 2. The molecule has 1 aliphatic heterocycles. The second-order valence-corrected chi connectivity index (χ2v) is 7.98. The number of amides is 2. The van der Waals surface area contributed by atoms with Gasteiger partial charge in [0.25, 0.3) is 0 Å². The summed E-state index contributed by atoms with van der Waals surface area (Å²) in [5, 5.41) is 2.80. The molecule has 0 spiro atoms. The predicted molar refractivity (Wildman–Crippen MR) is 125 cm³/mol. The molecule has 33 heavy (non-hydrogen) atoms. The maximum Gasteiger partial charge on any atom is 0.244 e. The number of hydrogen-bond acceptors (Lipinski definition) is 6. The largest absolute Gasteiger partial charge is 0.495 e. The van der Waals surface area contributed by atoms with E-state index >= 15 is 0 Å². The van der Waals surface area contributed by atoms with Gasteiger partial charge < -0.3 is 15.0 Å². The van der Waals surface area contributed by atoms with E-state index in [1.807, 2.05) is 13.0 Å². The van der Waals surface area contributed by atoms with Crippen molar-refractivity contribution in [2.45, 2.75) is 26.7 Å². The quantitative estimate of drug-likeness (QED) is 0.602. The Kier molecular flexibility index (Phi) is 5.91. The molecule has 2 aromatic heterocycles. The van der Waals surface area contributed by atoms with Crippen molar-refractivity contribution in [3.05, 3.63) is 65.7 Å². The van der Waals surface area contributed by atoms with Gasteiger partial charge in [-0.05, 0) is 57.2 Å². The van der Waals surface area contributed by atoms with Crippen molar-refractivity contribution in [2.75, 3.05) is 23.9 Å². The number of nitrogens with zero attached hydrogens (tertiary/aromatic N) is 3. The van der Waals surface area contributed by atoms with Gasteiger partial charge in [0.2, 0.25) is 11.8 Å². The topological polar surface area (TPSA) is 101 Å². The number of ketones is 1. The molecule has 8 nitrogen and oxygen atoms in total. The Morgan fingerprint density at radius 3 is 2.48 bits per heavy atom. The lowest BCUT2D eigenvalue weighted by molar-refractivity contribution is -0.122. The van der Waals surface area contributed by atoms with Crippen molar-refractivity contribution in [2.24, 2.45) is 0 Å². The van der Waals surface area contributed by atoms with Gasteiger partial charge in [-0.25, -0.2) is 0 Å². The molecule has 1 aromatic carbocycles. The van der Waals surface area contributed by atoms with Crippen LogP contribution in [0.4, 0.5) is 11.4 Å². The van der Waals surface area contributed by atoms with Crippen LogP contribution in [0.15, 0.2) is 48.8 Å². The fraction of sp³-hybridized carbons (Fsp3) is 0.240. The molecule has 4 rings (SSSR count). The van der Waals surface area contributed by atoms with Crippen LogP contribution in [0.3, 0.4) is 0 Å². The number of Topliss-reactive ketones (excluding diaryl/α,β-unsaturated/α-hetero) is 1. The monoisotopic (exact) mass is 444 g/mol. The number of hydrogen-bond donors (Lipinski definition) is 1. The highest BCUT2D eigenvalue weighted by Gasteiger charge is 2.34. The van der Waals surface area contributed by atoms with Crippen LogP contribution in [-0.4, -0.2) is 41.2 Å². The molecule has 0 fully saturated rings. The standard InChI is InChI=1S/C25H24N4O4/c1-14-9-22-21(12-26-14)20-10-19(33-4)11-27-24(20)15(2)25(32)29(22)13-23(31)28-18-7-5-17(6-8-18)16(3)30/h5-12,15H,13H2,1-4H3,(H,28,31)/t15-/m0/s1. The first-order valence-corrected chi connectivity index (χ1v) is 10.5. The molecule has 3 aromatic rings. The van der Waals surface area contributed by atoms with Gasteiger partial charge in [0, 0.05) is 34.3 Å². The molecule has 3 heterocycles. The number of aromatic nitrogens is 2. The molecule has 0 radical (unpaired) electrons. The van der Waals surface area contributed by atoms with Crippen LogP contribution in [-0.2, 0) is 9.59 Å². The Hall–Kier alpha value is -4.07. The summed E-state index contributed by atoms with van der Waals surface area (Å²) in [7, 11) is 1.56. The second-order valence-electron chi connectivity index (χ2n) is 7.98. The molecule has 1 atom stereocenters. The third kappa shape index (κ3) is 4.32. The maximum atomic E-state index is 13.5. The molecule has 2 amide bonds. The van der Waals surface area contributed by atoms with Gasteiger partial charge in [-0.2, -0.15) is 0 Å². The van der Waals surface area contributed by atoms with E-state index in [1.165, 1.54) is 11.8 Å². The van der Waals surface area contributed by atoms with Crippen LogP contribution in [0.1, 0.15) is 41.5 Å². The van der Waals surface area contributed by atoms with Gasteiger partial charge in [0.15, 0.2) is 5.78 Å². The summed E-state index contributed by atoms with van der Waals surface area (Å²) in [4.78, 5) is 48.2. The maximum absolute atomic E-state index is 13.5. The fourth-order valence-electron chi connectivity index (χ4n) is 3.87. The fourth-order valence-corrected chi connectivity index (χ4v) is 3.87. The lowest BCUT2D eigenvalue weighted by Crippen LogP contribution is -2.40. The molecule has 1 aliphatic rings. The number of aryl methyl sites for hydroxylation is 1. The van der Waals surface area contributed by atoms with Crippen molar-refractivity contribution in [3.8, 4) is 16.9 Å². The summed E-state index contributed by atoms with van der Waals surface area (Å²) < 4.78 is 5.34. The van der Waals surface area contributed by atoms with Crippen molar-refractivity contribution in [3.63, 3.8) is 0 Å². The highest BCUT2D eigenvalue weighted by atomic mass is 16.5. The number of carbonyl (C=O) groups is 3. The molecule has 1 N–H and O–H groups in total. The van der Waals surface area contributed by atoms with Crippen LogP contribution in [0.2, 0.25) is 0 Å². The normalized spacial score (nSPS) is 14.7. The molecule has 0 saturated carbocycles. The van der Waals surface area contributed by atoms with Gasteiger partial charge in [-0.15, -0.1) is 0 Å². The average molecular weight is 444 g/mol. The number of nitrogens with one attached hydrogen (secondary N) is 1. The van der Waals surface area contributed by atoms with E-state index in [-0.39, 0.29) is 24.1 Å². The predicted octanol–water partition coefficient (Wildman–Crippen LogP) is 3.75. The summed E-state index contributed by atoms with van der Waals surface area (Å²) >= 11 is 0. The Morgan fingerprint density at radius 1 is 1.09 bits per heavy atom. The Bertz CT molecular complexity index is 1250. The Labute approximate surface area is 191 Å². The average Bonchev–Trinajstić information content (AvgIpc) is 2.88. The minimum Gasteiger partial charge on any atom is -0.495 e. The van der Waals surface area contributed by atoms with Crippen molar-refractivity contribution >= 4 is 29.0 Å². The van der Waals surface area contributed by atoms with Crippen LogP contribution < -0.4 is 15.0 Å². The summed E-state index contributed by atoms with van der Waals surface area (Å²) in [6.45, 7) is 4.91. The molecule has 0 saturated heterocycles. The van der Waals surface area contributed by atoms with E-state index in [4.69, 9.17) is 4.74 Å². The number of rotatable bonds is 5. The van der Waals surface area contributed by atoms with Crippen LogP contribution in [0.5, 0.6) is 5.75 Å².